The van der Waals surface area contributed by atoms with Gasteiger partial charge < -0.3 is 15.4 Å². The zero-order chi connectivity index (χ0) is 8.27. The molecule has 62 valence electrons. The highest BCUT2D eigenvalue weighted by molar-refractivity contribution is 6.32. The van der Waals surface area contributed by atoms with Crippen LogP contribution in [0.15, 0.2) is 0 Å². The Hall–Kier alpha value is -1.10. The molecule has 1 aliphatic rings. The average Bonchev–Trinajstić information content (AvgIpc) is 1.94. The summed E-state index contributed by atoms with van der Waals surface area (Å²) in [6, 6.07) is 0.0848. The highest BCUT2D eigenvalue weighted by atomic mass is 16.5. The van der Waals surface area contributed by atoms with E-state index in [2.05, 4.69) is 15.4 Å². The summed E-state index contributed by atoms with van der Waals surface area (Å²) in [5, 5.41) is 5.45. The molecule has 1 heterocycles. The number of esters is 1. The second-order valence-electron chi connectivity index (χ2n) is 2.32. The maximum atomic E-state index is 10.8. The summed E-state index contributed by atoms with van der Waals surface area (Å²) in [6.07, 6.45) is 0. The van der Waals surface area contributed by atoms with Gasteiger partial charge in [0.25, 0.3) is 0 Å². The third-order valence-corrected chi connectivity index (χ3v) is 1.49. The lowest BCUT2D eigenvalue weighted by Crippen LogP contribution is -2.58. The summed E-state index contributed by atoms with van der Waals surface area (Å²) in [5.74, 6) is -1.50. The van der Waals surface area contributed by atoms with Crippen LogP contribution in [0.25, 0.3) is 0 Å². The van der Waals surface area contributed by atoms with Gasteiger partial charge in [0.2, 0.25) is 0 Å². The van der Waals surface area contributed by atoms with E-state index in [0.29, 0.717) is 0 Å². The van der Waals surface area contributed by atoms with Crippen LogP contribution in [0.4, 0.5) is 0 Å². The first kappa shape index (κ1) is 8.00. The Labute approximate surface area is 64.1 Å². The molecular formula is C6H10N2O3. The Morgan fingerprint density at radius 2 is 2.18 bits per heavy atom. The Morgan fingerprint density at radius 3 is 2.55 bits per heavy atom. The molecule has 0 unspecified atom stereocenters. The lowest BCUT2D eigenvalue weighted by molar-refractivity contribution is -0.153. The zero-order valence-electron chi connectivity index (χ0n) is 6.22. The number of rotatable bonds is 1. The van der Waals surface area contributed by atoms with Gasteiger partial charge in [-0.1, -0.05) is 0 Å². The minimum Gasteiger partial charge on any atom is -0.462 e. The van der Waals surface area contributed by atoms with E-state index >= 15 is 0 Å². The fourth-order valence-electron chi connectivity index (χ4n) is 0.728. The minimum atomic E-state index is -0.836. The van der Waals surface area contributed by atoms with Crippen LogP contribution in [0.2, 0.25) is 0 Å². The first-order chi connectivity index (χ1) is 5.24. The minimum absolute atomic E-state index is 0.0848. The normalized spacial score (nSPS) is 16.8. The number of nitrogens with one attached hydrogen (secondary N) is 2. The first-order valence-corrected chi connectivity index (χ1v) is 3.33. The van der Waals surface area contributed by atoms with Crippen molar-refractivity contribution in [3.63, 3.8) is 0 Å². The van der Waals surface area contributed by atoms with Crippen molar-refractivity contribution in [1.29, 1.82) is 0 Å². The average molecular weight is 158 g/mol. The Kier molecular flexibility index (Phi) is 2.43. The Balaban J connectivity index is 2.24. The molecule has 1 saturated heterocycles. The highest BCUT2D eigenvalue weighted by Crippen LogP contribution is 1.90. The zero-order valence-corrected chi connectivity index (χ0v) is 6.22. The predicted octanol–water partition coefficient (Wildman–Crippen LogP) is -1.75. The van der Waals surface area contributed by atoms with Crippen LogP contribution in [-0.4, -0.2) is 38.1 Å². The molecule has 5 nitrogen and oxygen atoms in total. The molecule has 5 heteroatoms. The van der Waals surface area contributed by atoms with Crippen molar-refractivity contribution in [3.8, 4) is 0 Å². The predicted molar refractivity (Wildman–Crippen MR) is 36.8 cm³/mol. The van der Waals surface area contributed by atoms with Gasteiger partial charge in [0.15, 0.2) is 0 Å². The molecule has 1 rings (SSSR count). The number of hydrogen-bond donors (Lipinski definition) is 2. The second kappa shape index (κ2) is 3.34. The van der Waals surface area contributed by atoms with Crippen molar-refractivity contribution >= 4 is 11.9 Å². The van der Waals surface area contributed by atoms with E-state index in [4.69, 9.17) is 0 Å². The molecule has 0 radical (unpaired) electrons. The van der Waals surface area contributed by atoms with E-state index in [-0.39, 0.29) is 6.04 Å². The SMILES string of the molecule is COC(=O)C(=O)NC1CNC1. The van der Waals surface area contributed by atoms with Crippen molar-refractivity contribution in [2.75, 3.05) is 20.2 Å². The quantitative estimate of drug-likeness (QED) is 0.350. The second-order valence-corrected chi connectivity index (χ2v) is 2.32. The molecule has 0 saturated carbocycles. The summed E-state index contributed by atoms with van der Waals surface area (Å²) >= 11 is 0. The monoisotopic (exact) mass is 158 g/mol. The highest BCUT2D eigenvalue weighted by Gasteiger charge is 2.22. The number of carbonyl (C=O) groups excluding carboxylic acids is 2. The topological polar surface area (TPSA) is 67.4 Å². The maximum absolute atomic E-state index is 10.8. The fourth-order valence-corrected chi connectivity index (χ4v) is 0.728. The third-order valence-electron chi connectivity index (χ3n) is 1.49. The molecule has 0 atom stereocenters. The van der Waals surface area contributed by atoms with Gasteiger partial charge in [-0.3, -0.25) is 4.79 Å². The van der Waals surface area contributed by atoms with Gasteiger partial charge in [-0.2, -0.15) is 0 Å². The van der Waals surface area contributed by atoms with Crippen molar-refractivity contribution in [1.82, 2.24) is 10.6 Å². The van der Waals surface area contributed by atoms with E-state index in [1.54, 1.807) is 0 Å². The molecule has 0 aromatic rings. The van der Waals surface area contributed by atoms with Crippen LogP contribution >= 0.6 is 0 Å². The molecule has 0 bridgehead atoms. The molecule has 1 amide bonds. The summed E-state index contributed by atoms with van der Waals surface area (Å²) in [7, 11) is 1.18. The third kappa shape index (κ3) is 1.91. The molecule has 0 aromatic carbocycles. The van der Waals surface area contributed by atoms with Gasteiger partial charge in [0, 0.05) is 13.1 Å². The number of methoxy groups -OCH3 is 1. The molecule has 1 aliphatic heterocycles. The fraction of sp³-hybridized carbons (Fsp3) is 0.667. The molecule has 0 spiro atoms. The summed E-state index contributed by atoms with van der Waals surface area (Å²) in [4.78, 5) is 21.3. The van der Waals surface area contributed by atoms with E-state index < -0.39 is 11.9 Å². The van der Waals surface area contributed by atoms with Gasteiger partial charge in [-0.05, 0) is 0 Å². The Bertz CT molecular complexity index is 177. The molecule has 0 aromatic heterocycles. The molecule has 0 aliphatic carbocycles. The van der Waals surface area contributed by atoms with Gasteiger partial charge in [-0.15, -0.1) is 0 Å². The van der Waals surface area contributed by atoms with E-state index in [1.165, 1.54) is 7.11 Å². The van der Waals surface area contributed by atoms with Crippen molar-refractivity contribution in [2.24, 2.45) is 0 Å². The molecule has 1 fully saturated rings. The van der Waals surface area contributed by atoms with Crippen LogP contribution in [0.5, 0.6) is 0 Å². The molecular weight excluding hydrogens is 148 g/mol. The standard InChI is InChI=1S/C6H10N2O3/c1-11-6(10)5(9)8-4-2-7-3-4/h4,7H,2-3H2,1H3,(H,8,9). The van der Waals surface area contributed by atoms with Crippen LogP contribution < -0.4 is 10.6 Å². The van der Waals surface area contributed by atoms with E-state index in [0.717, 1.165) is 13.1 Å². The number of hydrogen-bond acceptors (Lipinski definition) is 4. The van der Waals surface area contributed by atoms with Crippen LogP contribution in [-0.2, 0) is 14.3 Å². The number of carbonyl (C=O) groups is 2. The van der Waals surface area contributed by atoms with Crippen LogP contribution in [0, 0.1) is 0 Å². The smallest absolute Gasteiger partial charge is 0.396 e. The Morgan fingerprint density at radius 1 is 1.55 bits per heavy atom. The van der Waals surface area contributed by atoms with Crippen molar-refractivity contribution < 1.29 is 14.3 Å². The molecule has 2 N–H and O–H groups in total. The van der Waals surface area contributed by atoms with Gasteiger partial charge in [-0.25, -0.2) is 4.79 Å². The summed E-state index contributed by atoms with van der Waals surface area (Å²) < 4.78 is 4.21. The summed E-state index contributed by atoms with van der Waals surface area (Å²) in [5.41, 5.74) is 0. The van der Waals surface area contributed by atoms with Gasteiger partial charge in [0.1, 0.15) is 0 Å². The lowest BCUT2D eigenvalue weighted by atomic mass is 10.2. The van der Waals surface area contributed by atoms with Crippen molar-refractivity contribution in [2.45, 2.75) is 6.04 Å². The van der Waals surface area contributed by atoms with Gasteiger partial charge in [0.05, 0.1) is 13.2 Å². The van der Waals surface area contributed by atoms with Crippen LogP contribution in [0.1, 0.15) is 0 Å². The maximum Gasteiger partial charge on any atom is 0.396 e. The van der Waals surface area contributed by atoms with E-state index in [1.807, 2.05) is 0 Å². The number of amides is 1. The van der Waals surface area contributed by atoms with Crippen LogP contribution in [0.3, 0.4) is 0 Å². The van der Waals surface area contributed by atoms with E-state index in [9.17, 15) is 9.59 Å². The van der Waals surface area contributed by atoms with Gasteiger partial charge >= 0.3 is 11.9 Å². The first-order valence-electron chi connectivity index (χ1n) is 3.33. The van der Waals surface area contributed by atoms with Crippen molar-refractivity contribution in [3.05, 3.63) is 0 Å². The number of ether oxygens (including phenoxy) is 1. The summed E-state index contributed by atoms with van der Waals surface area (Å²) in [6.45, 7) is 1.45. The largest absolute Gasteiger partial charge is 0.462 e. The lowest BCUT2D eigenvalue weighted by Gasteiger charge is -2.27. The molecule has 11 heavy (non-hydrogen) atoms.